The van der Waals surface area contributed by atoms with Crippen molar-refractivity contribution in [2.45, 2.75) is 19.3 Å². The number of carboxylic acids is 1. The number of ether oxygens (including phenoxy) is 1. The van der Waals surface area contributed by atoms with E-state index < -0.39 is 11.9 Å². The monoisotopic (exact) mass is 548 g/mol. The predicted molar refractivity (Wildman–Crippen MR) is 151 cm³/mol. The van der Waals surface area contributed by atoms with Crippen molar-refractivity contribution in [1.29, 1.82) is 0 Å². The van der Waals surface area contributed by atoms with Gasteiger partial charge in [0.1, 0.15) is 0 Å². The highest BCUT2D eigenvalue weighted by atomic mass is 35.5. The van der Waals surface area contributed by atoms with Crippen molar-refractivity contribution in [3.8, 4) is 11.1 Å². The van der Waals surface area contributed by atoms with Crippen molar-refractivity contribution in [2.75, 3.05) is 39.4 Å². The maximum absolute atomic E-state index is 12.9. The Morgan fingerprint density at radius 3 is 2.26 bits per heavy atom. The van der Waals surface area contributed by atoms with Gasteiger partial charge in [-0.05, 0) is 53.8 Å². The summed E-state index contributed by atoms with van der Waals surface area (Å²) in [5.74, 6) is -2.19. The number of carbonyl (C=O) groups excluding carboxylic acids is 2. The molecule has 1 atom stereocenters. The number of aryl methyl sites for hydroxylation is 1. The van der Waals surface area contributed by atoms with E-state index in [2.05, 4.69) is 10.2 Å². The number of aliphatic carboxylic acids is 1. The van der Waals surface area contributed by atoms with E-state index >= 15 is 0 Å². The van der Waals surface area contributed by atoms with Gasteiger partial charge in [0, 0.05) is 48.7 Å². The first-order chi connectivity index (χ1) is 18.9. The van der Waals surface area contributed by atoms with Crippen molar-refractivity contribution in [1.82, 2.24) is 10.2 Å². The molecule has 0 saturated carbocycles. The number of nitrogens with one attached hydrogen (secondary N) is 1. The van der Waals surface area contributed by atoms with E-state index in [0.717, 1.165) is 49.5 Å². The number of hydrogen-bond acceptors (Lipinski definition) is 5. The summed E-state index contributed by atoms with van der Waals surface area (Å²) in [5, 5.41) is 13.4. The Kier molecular flexibility index (Phi) is 10.3. The summed E-state index contributed by atoms with van der Waals surface area (Å²) in [5.41, 5.74) is 3.81. The maximum atomic E-state index is 12.9. The van der Waals surface area contributed by atoms with Crippen molar-refractivity contribution in [3.63, 3.8) is 0 Å². The van der Waals surface area contributed by atoms with Crippen LogP contribution in [0.4, 0.5) is 0 Å². The Bertz CT molecular complexity index is 1270. The van der Waals surface area contributed by atoms with Gasteiger partial charge in [0.2, 0.25) is 0 Å². The van der Waals surface area contributed by atoms with Gasteiger partial charge in [-0.2, -0.15) is 0 Å². The second-order valence-corrected chi connectivity index (χ2v) is 10.1. The molecule has 1 unspecified atom stereocenters. The predicted octanol–water partition coefficient (Wildman–Crippen LogP) is 4.98. The average molecular weight is 549 g/mol. The van der Waals surface area contributed by atoms with Crippen LogP contribution in [0, 0.1) is 5.92 Å². The van der Waals surface area contributed by atoms with E-state index in [1.165, 1.54) is 0 Å². The van der Waals surface area contributed by atoms with Gasteiger partial charge in [-0.25, -0.2) is 0 Å². The van der Waals surface area contributed by atoms with E-state index in [0.29, 0.717) is 35.5 Å². The van der Waals surface area contributed by atoms with E-state index in [4.69, 9.17) is 16.3 Å². The Morgan fingerprint density at radius 2 is 1.59 bits per heavy atom. The van der Waals surface area contributed by atoms with Crippen LogP contribution in [0.3, 0.4) is 0 Å². The number of morpholine rings is 1. The molecule has 3 aromatic carbocycles. The van der Waals surface area contributed by atoms with Crippen LogP contribution in [-0.4, -0.2) is 67.1 Å². The summed E-state index contributed by atoms with van der Waals surface area (Å²) in [6, 6.07) is 21.8. The van der Waals surface area contributed by atoms with E-state index in [-0.39, 0.29) is 18.1 Å². The Hall–Kier alpha value is -3.52. The average Bonchev–Trinajstić information content (AvgIpc) is 2.96. The van der Waals surface area contributed by atoms with Crippen LogP contribution in [0.5, 0.6) is 0 Å². The number of hydrogen-bond donors (Lipinski definition) is 2. The molecule has 0 aromatic heterocycles. The third kappa shape index (κ3) is 8.48. The third-order valence-electron chi connectivity index (χ3n) is 6.95. The summed E-state index contributed by atoms with van der Waals surface area (Å²) in [6.07, 6.45) is 0.665. The largest absolute Gasteiger partial charge is 0.481 e. The first kappa shape index (κ1) is 28.5. The molecule has 0 aliphatic carbocycles. The number of benzene rings is 3. The molecule has 204 valence electrons. The number of Topliss-reactive ketones (excluding diaryl/α,β-unsaturated/α-hetero) is 1. The molecule has 4 rings (SSSR count). The lowest BCUT2D eigenvalue weighted by Crippen LogP contribution is -2.41. The lowest BCUT2D eigenvalue weighted by atomic mass is 9.91. The molecule has 3 aromatic rings. The molecule has 2 N–H and O–H groups in total. The van der Waals surface area contributed by atoms with E-state index in [9.17, 15) is 19.5 Å². The summed E-state index contributed by atoms with van der Waals surface area (Å²) in [7, 11) is 0. The first-order valence-electron chi connectivity index (χ1n) is 13.2. The number of carboxylic acid groups (broad SMARTS) is 1. The minimum atomic E-state index is -1.00. The molecule has 39 heavy (non-hydrogen) atoms. The molecule has 1 fully saturated rings. The standard InChI is InChI=1S/C31H33ClN2O5/c32-28-12-10-24(11-13-28)23-6-8-25(9-7-23)29(35)21-27(31(37)38)5-4-22-2-1-3-26(20-22)30(36)33-14-15-34-16-18-39-19-17-34/h1-3,6-13,20,27H,4-5,14-19,21H2,(H,33,36)(H,37,38). The SMILES string of the molecule is O=C(CC(CCc1cccc(C(=O)NCCN2CCOCC2)c1)C(=O)O)c1ccc(-c2ccc(Cl)cc2)cc1. The third-order valence-corrected chi connectivity index (χ3v) is 7.21. The second kappa shape index (κ2) is 14.0. The Labute approximate surface area is 233 Å². The van der Waals surface area contributed by atoms with Crippen LogP contribution in [0.15, 0.2) is 72.8 Å². The Morgan fingerprint density at radius 1 is 0.923 bits per heavy atom. The molecule has 8 heteroatoms. The van der Waals surface area contributed by atoms with Gasteiger partial charge in [0.25, 0.3) is 5.91 Å². The fraction of sp³-hybridized carbons (Fsp3) is 0.323. The summed E-state index contributed by atoms with van der Waals surface area (Å²) in [4.78, 5) is 39.7. The molecule has 1 aliphatic heterocycles. The maximum Gasteiger partial charge on any atom is 0.306 e. The van der Waals surface area contributed by atoms with E-state index in [1.807, 2.05) is 42.5 Å². The van der Waals surface area contributed by atoms with Crippen LogP contribution >= 0.6 is 11.6 Å². The van der Waals surface area contributed by atoms with Crippen LogP contribution in [0.25, 0.3) is 11.1 Å². The number of carbonyl (C=O) groups is 3. The van der Waals surface area contributed by atoms with Crippen LogP contribution in [0.2, 0.25) is 5.02 Å². The highest BCUT2D eigenvalue weighted by molar-refractivity contribution is 6.30. The highest BCUT2D eigenvalue weighted by Crippen LogP contribution is 2.23. The quantitative estimate of drug-likeness (QED) is 0.310. The molecule has 1 aliphatic rings. The summed E-state index contributed by atoms with van der Waals surface area (Å²) in [6.45, 7) is 4.49. The molecule has 0 bridgehead atoms. The zero-order chi connectivity index (χ0) is 27.6. The second-order valence-electron chi connectivity index (χ2n) is 9.70. The van der Waals surface area contributed by atoms with Crippen molar-refractivity contribution < 1.29 is 24.2 Å². The van der Waals surface area contributed by atoms with Crippen LogP contribution < -0.4 is 5.32 Å². The van der Waals surface area contributed by atoms with Crippen LogP contribution in [-0.2, 0) is 16.0 Å². The number of rotatable bonds is 12. The first-order valence-corrected chi connectivity index (χ1v) is 13.6. The smallest absolute Gasteiger partial charge is 0.306 e. The van der Waals surface area contributed by atoms with Crippen molar-refractivity contribution >= 4 is 29.3 Å². The van der Waals surface area contributed by atoms with Crippen molar-refractivity contribution in [3.05, 3.63) is 94.5 Å². The molecule has 7 nitrogen and oxygen atoms in total. The molecule has 0 spiro atoms. The van der Waals surface area contributed by atoms with Gasteiger partial charge in [-0.1, -0.05) is 60.1 Å². The van der Waals surface area contributed by atoms with Gasteiger partial charge in [-0.15, -0.1) is 0 Å². The number of ketones is 1. The minimum Gasteiger partial charge on any atom is -0.481 e. The summed E-state index contributed by atoms with van der Waals surface area (Å²) >= 11 is 5.95. The molecular formula is C31H33ClN2O5. The van der Waals surface area contributed by atoms with Gasteiger partial charge in [-0.3, -0.25) is 19.3 Å². The van der Waals surface area contributed by atoms with Gasteiger partial charge in [0.05, 0.1) is 19.1 Å². The number of amides is 1. The van der Waals surface area contributed by atoms with Gasteiger partial charge in [0.15, 0.2) is 5.78 Å². The minimum absolute atomic E-state index is 0.0860. The zero-order valence-corrected chi connectivity index (χ0v) is 22.5. The van der Waals surface area contributed by atoms with Gasteiger partial charge >= 0.3 is 5.97 Å². The number of halogens is 1. The van der Waals surface area contributed by atoms with E-state index in [1.54, 1.807) is 30.3 Å². The van der Waals surface area contributed by atoms with Gasteiger partial charge < -0.3 is 15.2 Å². The molecular weight excluding hydrogens is 516 g/mol. The molecule has 0 radical (unpaired) electrons. The van der Waals surface area contributed by atoms with Crippen molar-refractivity contribution in [2.24, 2.45) is 5.92 Å². The lowest BCUT2D eigenvalue weighted by molar-refractivity contribution is -0.141. The summed E-state index contributed by atoms with van der Waals surface area (Å²) < 4.78 is 5.34. The highest BCUT2D eigenvalue weighted by Gasteiger charge is 2.22. The fourth-order valence-corrected chi connectivity index (χ4v) is 4.73. The molecule has 1 saturated heterocycles. The molecule has 1 amide bonds. The fourth-order valence-electron chi connectivity index (χ4n) is 4.61. The normalized spacial score (nSPS) is 14.5. The lowest BCUT2D eigenvalue weighted by Gasteiger charge is -2.26. The van der Waals surface area contributed by atoms with Crippen LogP contribution in [0.1, 0.15) is 39.1 Å². The molecule has 1 heterocycles. The Balaban J connectivity index is 1.29. The number of nitrogens with zero attached hydrogens (tertiary/aromatic N) is 1. The zero-order valence-electron chi connectivity index (χ0n) is 21.8. The topological polar surface area (TPSA) is 95.9 Å².